The van der Waals surface area contributed by atoms with Gasteiger partial charge in [0.15, 0.2) is 6.10 Å². The van der Waals surface area contributed by atoms with Crippen molar-refractivity contribution in [2.45, 2.75) is 33.4 Å². The number of carbonyl (C=O) groups excluding carboxylic acids is 1. The van der Waals surface area contributed by atoms with E-state index in [9.17, 15) is 4.79 Å². The minimum absolute atomic E-state index is 0.165. The van der Waals surface area contributed by atoms with Gasteiger partial charge in [-0.2, -0.15) is 0 Å². The summed E-state index contributed by atoms with van der Waals surface area (Å²) in [5.74, 6) is 1.30. The monoisotopic (exact) mass is 273 g/mol. The predicted octanol–water partition coefficient (Wildman–Crippen LogP) is 2.98. The van der Waals surface area contributed by atoms with Crippen molar-refractivity contribution in [1.29, 1.82) is 0 Å². The highest BCUT2D eigenvalue weighted by molar-refractivity contribution is 5.80. The lowest BCUT2D eigenvalue weighted by Crippen LogP contribution is -2.35. The lowest BCUT2D eigenvalue weighted by Gasteiger charge is -2.16. The number of rotatable bonds is 5. The topological polar surface area (TPSA) is 51.5 Å². The van der Waals surface area contributed by atoms with Crippen LogP contribution in [0.5, 0.6) is 5.75 Å². The number of carbonyl (C=O) groups is 1. The number of aryl methyl sites for hydroxylation is 2. The van der Waals surface area contributed by atoms with Gasteiger partial charge < -0.3 is 14.5 Å². The smallest absolute Gasteiger partial charge is 0.261 e. The Bertz CT molecular complexity index is 575. The number of nitrogens with one attached hydrogen (secondary N) is 1. The zero-order valence-electron chi connectivity index (χ0n) is 12.0. The molecule has 1 unspecified atom stereocenters. The Morgan fingerprint density at radius 1 is 1.35 bits per heavy atom. The Balaban J connectivity index is 1.92. The maximum Gasteiger partial charge on any atom is 0.261 e. The fourth-order valence-corrected chi connectivity index (χ4v) is 1.81. The predicted molar refractivity (Wildman–Crippen MR) is 76.6 cm³/mol. The van der Waals surface area contributed by atoms with Crippen molar-refractivity contribution in [3.8, 4) is 5.75 Å². The lowest BCUT2D eigenvalue weighted by atomic mass is 10.1. The molecule has 0 saturated heterocycles. The van der Waals surface area contributed by atoms with Gasteiger partial charge in [0, 0.05) is 0 Å². The van der Waals surface area contributed by atoms with Gasteiger partial charge in [0.1, 0.15) is 11.5 Å². The van der Waals surface area contributed by atoms with Crippen molar-refractivity contribution in [1.82, 2.24) is 5.32 Å². The third-order valence-corrected chi connectivity index (χ3v) is 3.03. The molecule has 1 heterocycles. The number of ether oxygens (including phenoxy) is 1. The number of hydrogen-bond acceptors (Lipinski definition) is 3. The Labute approximate surface area is 118 Å². The van der Waals surface area contributed by atoms with E-state index in [2.05, 4.69) is 5.32 Å². The van der Waals surface area contributed by atoms with Gasteiger partial charge in [0.2, 0.25) is 0 Å². The summed E-state index contributed by atoms with van der Waals surface area (Å²) in [7, 11) is 0. The van der Waals surface area contributed by atoms with Crippen LogP contribution in [0.15, 0.2) is 41.0 Å². The Morgan fingerprint density at radius 2 is 2.15 bits per heavy atom. The largest absolute Gasteiger partial charge is 0.481 e. The normalized spacial score (nSPS) is 11.9. The first kappa shape index (κ1) is 14.2. The first-order valence-electron chi connectivity index (χ1n) is 6.60. The van der Waals surface area contributed by atoms with Gasteiger partial charge in [0.05, 0.1) is 12.8 Å². The van der Waals surface area contributed by atoms with Crippen molar-refractivity contribution in [3.63, 3.8) is 0 Å². The molecule has 0 aliphatic rings. The molecule has 1 aromatic carbocycles. The fourth-order valence-electron chi connectivity index (χ4n) is 1.81. The molecular weight excluding hydrogens is 254 g/mol. The Morgan fingerprint density at radius 3 is 2.85 bits per heavy atom. The van der Waals surface area contributed by atoms with Crippen LogP contribution in [-0.4, -0.2) is 12.0 Å². The van der Waals surface area contributed by atoms with Crippen LogP contribution in [0.25, 0.3) is 0 Å². The van der Waals surface area contributed by atoms with E-state index in [1.165, 1.54) is 0 Å². The molecule has 0 aliphatic carbocycles. The van der Waals surface area contributed by atoms with Crippen LogP contribution in [0.3, 0.4) is 0 Å². The number of benzene rings is 1. The maximum absolute atomic E-state index is 12.0. The number of amides is 1. The second-order valence-electron chi connectivity index (χ2n) is 4.83. The summed E-state index contributed by atoms with van der Waals surface area (Å²) in [5, 5.41) is 2.78. The lowest BCUT2D eigenvalue weighted by molar-refractivity contribution is -0.127. The maximum atomic E-state index is 12.0. The molecule has 0 spiro atoms. The highest BCUT2D eigenvalue weighted by Gasteiger charge is 2.15. The summed E-state index contributed by atoms with van der Waals surface area (Å²) in [6.45, 7) is 6.06. The first-order chi connectivity index (χ1) is 9.56. The van der Waals surface area contributed by atoms with Crippen molar-refractivity contribution in [3.05, 3.63) is 53.5 Å². The van der Waals surface area contributed by atoms with Gasteiger partial charge in [-0.05, 0) is 50.1 Å². The molecule has 1 aromatic heterocycles. The molecule has 0 fully saturated rings. The van der Waals surface area contributed by atoms with E-state index in [-0.39, 0.29) is 5.91 Å². The van der Waals surface area contributed by atoms with Gasteiger partial charge in [0.25, 0.3) is 5.91 Å². The van der Waals surface area contributed by atoms with E-state index in [0.717, 1.165) is 22.6 Å². The minimum atomic E-state index is -0.550. The number of furan rings is 1. The quantitative estimate of drug-likeness (QED) is 0.911. The third kappa shape index (κ3) is 3.63. The van der Waals surface area contributed by atoms with Crippen molar-refractivity contribution in [2.24, 2.45) is 0 Å². The molecule has 20 heavy (non-hydrogen) atoms. The standard InChI is InChI=1S/C16H19NO3/c1-11-6-7-12(2)15(9-11)20-13(3)16(18)17-10-14-5-4-8-19-14/h4-9,13H,10H2,1-3H3,(H,17,18). The molecule has 0 radical (unpaired) electrons. The molecule has 106 valence electrons. The first-order valence-corrected chi connectivity index (χ1v) is 6.60. The van der Waals surface area contributed by atoms with Gasteiger partial charge in [-0.3, -0.25) is 4.79 Å². The summed E-state index contributed by atoms with van der Waals surface area (Å²) in [4.78, 5) is 12.0. The van der Waals surface area contributed by atoms with Gasteiger partial charge >= 0.3 is 0 Å². The SMILES string of the molecule is Cc1ccc(C)c(OC(C)C(=O)NCc2ccco2)c1. The molecule has 1 N–H and O–H groups in total. The van der Waals surface area contributed by atoms with Crippen LogP contribution in [0, 0.1) is 13.8 Å². The Hall–Kier alpha value is -2.23. The van der Waals surface area contributed by atoms with E-state index >= 15 is 0 Å². The minimum Gasteiger partial charge on any atom is -0.481 e. The molecule has 1 atom stereocenters. The van der Waals surface area contributed by atoms with Crippen LogP contribution in [0.4, 0.5) is 0 Å². The third-order valence-electron chi connectivity index (χ3n) is 3.03. The molecule has 1 amide bonds. The summed E-state index contributed by atoms with van der Waals surface area (Å²) in [6, 6.07) is 9.54. The van der Waals surface area contributed by atoms with E-state index in [4.69, 9.17) is 9.15 Å². The van der Waals surface area contributed by atoms with Crippen LogP contribution in [0.1, 0.15) is 23.8 Å². The van der Waals surface area contributed by atoms with E-state index in [1.807, 2.05) is 38.1 Å². The highest BCUT2D eigenvalue weighted by atomic mass is 16.5. The molecule has 0 bridgehead atoms. The van der Waals surface area contributed by atoms with Crippen molar-refractivity contribution >= 4 is 5.91 Å². The second kappa shape index (κ2) is 6.28. The van der Waals surface area contributed by atoms with Gasteiger partial charge in [-0.15, -0.1) is 0 Å². The molecule has 2 rings (SSSR count). The van der Waals surface area contributed by atoms with E-state index < -0.39 is 6.10 Å². The van der Waals surface area contributed by atoms with E-state index in [0.29, 0.717) is 6.54 Å². The van der Waals surface area contributed by atoms with Crippen LogP contribution in [-0.2, 0) is 11.3 Å². The summed E-state index contributed by atoms with van der Waals surface area (Å²) < 4.78 is 10.9. The number of hydrogen-bond donors (Lipinski definition) is 1. The zero-order valence-corrected chi connectivity index (χ0v) is 12.0. The molecule has 4 nitrogen and oxygen atoms in total. The van der Waals surface area contributed by atoms with Gasteiger partial charge in [-0.1, -0.05) is 12.1 Å². The molecule has 0 aliphatic heterocycles. The second-order valence-corrected chi connectivity index (χ2v) is 4.83. The average molecular weight is 273 g/mol. The molecular formula is C16H19NO3. The zero-order chi connectivity index (χ0) is 14.5. The van der Waals surface area contributed by atoms with Crippen molar-refractivity contribution < 1.29 is 13.9 Å². The van der Waals surface area contributed by atoms with Crippen LogP contribution < -0.4 is 10.1 Å². The van der Waals surface area contributed by atoms with Crippen LogP contribution >= 0.6 is 0 Å². The fraction of sp³-hybridized carbons (Fsp3) is 0.312. The average Bonchev–Trinajstić information content (AvgIpc) is 2.93. The Kier molecular flexibility index (Phi) is 4.45. The molecule has 2 aromatic rings. The molecule has 4 heteroatoms. The summed E-state index contributed by atoms with van der Waals surface area (Å²) in [5.41, 5.74) is 2.12. The highest BCUT2D eigenvalue weighted by Crippen LogP contribution is 2.20. The van der Waals surface area contributed by atoms with Crippen LogP contribution in [0.2, 0.25) is 0 Å². The van der Waals surface area contributed by atoms with Crippen molar-refractivity contribution in [2.75, 3.05) is 0 Å². The summed E-state index contributed by atoms with van der Waals surface area (Å²) >= 11 is 0. The van der Waals surface area contributed by atoms with E-state index in [1.54, 1.807) is 19.3 Å². The summed E-state index contributed by atoms with van der Waals surface area (Å²) in [6.07, 6.45) is 1.03. The van der Waals surface area contributed by atoms with Gasteiger partial charge in [-0.25, -0.2) is 0 Å². The molecule has 0 saturated carbocycles.